The van der Waals surface area contributed by atoms with Crippen LogP contribution in [-0.2, 0) is 6.42 Å². The Kier molecular flexibility index (Phi) is 7.22. The molecule has 23 heavy (non-hydrogen) atoms. The standard InChI is InChI=1S/C20H27BrO2/c1-4-16(21)8-6-7-13-23-20-12-9-15-14-17(22-3)10-11-19(15)18(20)5-2/h9-12,14,16H,4-8,13H2,1-3H3. The average molecular weight is 379 g/mol. The Morgan fingerprint density at radius 3 is 2.61 bits per heavy atom. The zero-order chi connectivity index (χ0) is 16.7. The summed E-state index contributed by atoms with van der Waals surface area (Å²) in [5.74, 6) is 1.92. The Labute approximate surface area is 148 Å². The monoisotopic (exact) mass is 378 g/mol. The molecule has 0 aliphatic heterocycles. The third-order valence-corrected chi connectivity index (χ3v) is 5.37. The predicted octanol–water partition coefficient (Wildman–Crippen LogP) is 6.13. The van der Waals surface area contributed by atoms with Crippen molar-refractivity contribution in [1.82, 2.24) is 0 Å². The van der Waals surface area contributed by atoms with Gasteiger partial charge in [-0.25, -0.2) is 0 Å². The van der Waals surface area contributed by atoms with E-state index in [4.69, 9.17) is 9.47 Å². The van der Waals surface area contributed by atoms with E-state index in [0.717, 1.165) is 30.9 Å². The lowest BCUT2D eigenvalue weighted by atomic mass is 10.0. The van der Waals surface area contributed by atoms with Crippen molar-refractivity contribution < 1.29 is 9.47 Å². The third-order valence-electron chi connectivity index (χ3n) is 4.26. The second-order valence-electron chi connectivity index (χ2n) is 5.83. The Bertz CT molecular complexity index is 624. The van der Waals surface area contributed by atoms with E-state index in [-0.39, 0.29) is 0 Å². The van der Waals surface area contributed by atoms with Crippen molar-refractivity contribution in [3.63, 3.8) is 0 Å². The van der Waals surface area contributed by atoms with E-state index in [1.165, 1.54) is 35.6 Å². The van der Waals surface area contributed by atoms with Crippen LogP contribution in [0.25, 0.3) is 10.8 Å². The number of aryl methyl sites for hydroxylation is 1. The molecule has 0 heterocycles. The number of fused-ring (bicyclic) bond motifs is 1. The van der Waals surface area contributed by atoms with Crippen LogP contribution < -0.4 is 9.47 Å². The predicted molar refractivity (Wildman–Crippen MR) is 102 cm³/mol. The molecule has 0 saturated heterocycles. The first kappa shape index (κ1) is 18.1. The van der Waals surface area contributed by atoms with Gasteiger partial charge in [-0.3, -0.25) is 0 Å². The number of halogens is 1. The van der Waals surface area contributed by atoms with E-state index in [1.807, 2.05) is 6.07 Å². The molecule has 2 aromatic carbocycles. The maximum atomic E-state index is 6.06. The van der Waals surface area contributed by atoms with Gasteiger partial charge in [-0.15, -0.1) is 0 Å². The van der Waals surface area contributed by atoms with Gasteiger partial charge >= 0.3 is 0 Å². The minimum atomic E-state index is 0.643. The molecular weight excluding hydrogens is 352 g/mol. The van der Waals surface area contributed by atoms with E-state index < -0.39 is 0 Å². The highest BCUT2D eigenvalue weighted by atomic mass is 79.9. The molecule has 0 aromatic heterocycles. The minimum absolute atomic E-state index is 0.643. The summed E-state index contributed by atoms with van der Waals surface area (Å²) in [5.41, 5.74) is 1.29. The number of ether oxygens (including phenoxy) is 2. The van der Waals surface area contributed by atoms with Gasteiger partial charge in [0.25, 0.3) is 0 Å². The lowest BCUT2D eigenvalue weighted by molar-refractivity contribution is 0.303. The smallest absolute Gasteiger partial charge is 0.123 e. The van der Waals surface area contributed by atoms with E-state index >= 15 is 0 Å². The highest BCUT2D eigenvalue weighted by Crippen LogP contribution is 2.31. The van der Waals surface area contributed by atoms with Crippen LogP contribution in [0.15, 0.2) is 30.3 Å². The second kappa shape index (κ2) is 9.17. The van der Waals surface area contributed by atoms with Gasteiger partial charge in [-0.05, 0) is 61.1 Å². The summed E-state index contributed by atoms with van der Waals surface area (Å²) in [4.78, 5) is 0.643. The number of unbranched alkanes of at least 4 members (excludes halogenated alkanes) is 1. The Morgan fingerprint density at radius 1 is 1.09 bits per heavy atom. The van der Waals surface area contributed by atoms with Crippen molar-refractivity contribution in [3.8, 4) is 11.5 Å². The molecule has 0 amide bonds. The molecule has 1 atom stereocenters. The number of alkyl halides is 1. The largest absolute Gasteiger partial charge is 0.497 e. The molecule has 3 heteroatoms. The van der Waals surface area contributed by atoms with Gasteiger partial charge in [0.15, 0.2) is 0 Å². The van der Waals surface area contributed by atoms with E-state index in [2.05, 4.69) is 54.0 Å². The van der Waals surface area contributed by atoms with Gasteiger partial charge in [0.1, 0.15) is 11.5 Å². The van der Waals surface area contributed by atoms with Crippen molar-refractivity contribution >= 4 is 26.7 Å². The van der Waals surface area contributed by atoms with Crippen LogP contribution >= 0.6 is 15.9 Å². The van der Waals surface area contributed by atoms with E-state index in [1.54, 1.807) is 7.11 Å². The van der Waals surface area contributed by atoms with Crippen LogP contribution in [0.3, 0.4) is 0 Å². The Hall–Kier alpha value is -1.22. The maximum absolute atomic E-state index is 6.06. The van der Waals surface area contributed by atoms with Crippen LogP contribution in [0.2, 0.25) is 0 Å². The summed E-state index contributed by atoms with van der Waals surface area (Å²) < 4.78 is 11.4. The number of methoxy groups -OCH3 is 1. The highest BCUT2D eigenvalue weighted by molar-refractivity contribution is 9.09. The zero-order valence-electron chi connectivity index (χ0n) is 14.4. The summed E-state index contributed by atoms with van der Waals surface area (Å²) >= 11 is 3.68. The molecule has 0 spiro atoms. The average Bonchev–Trinajstić information content (AvgIpc) is 2.60. The molecule has 0 radical (unpaired) electrons. The van der Waals surface area contributed by atoms with Crippen LogP contribution in [0, 0.1) is 0 Å². The molecule has 126 valence electrons. The summed E-state index contributed by atoms with van der Waals surface area (Å²) in [6.07, 6.45) is 5.69. The fourth-order valence-corrected chi connectivity index (χ4v) is 3.16. The number of rotatable bonds is 9. The van der Waals surface area contributed by atoms with Gasteiger partial charge in [0, 0.05) is 10.4 Å². The Morgan fingerprint density at radius 2 is 1.91 bits per heavy atom. The van der Waals surface area contributed by atoms with Crippen LogP contribution in [0.5, 0.6) is 11.5 Å². The molecule has 0 saturated carbocycles. The first-order valence-corrected chi connectivity index (χ1v) is 9.47. The maximum Gasteiger partial charge on any atom is 0.123 e. The first-order valence-electron chi connectivity index (χ1n) is 8.56. The van der Waals surface area contributed by atoms with Crippen molar-refractivity contribution in [2.45, 2.75) is 50.8 Å². The van der Waals surface area contributed by atoms with Crippen LogP contribution in [0.1, 0.15) is 45.1 Å². The first-order chi connectivity index (χ1) is 11.2. The lowest BCUT2D eigenvalue weighted by Crippen LogP contribution is -2.02. The molecule has 1 unspecified atom stereocenters. The second-order valence-corrected chi connectivity index (χ2v) is 7.13. The molecule has 0 aliphatic carbocycles. The van der Waals surface area contributed by atoms with Gasteiger partial charge in [0.2, 0.25) is 0 Å². The number of hydrogen-bond acceptors (Lipinski definition) is 2. The summed E-state index contributed by atoms with van der Waals surface area (Å²) in [7, 11) is 1.70. The van der Waals surface area contributed by atoms with Gasteiger partial charge < -0.3 is 9.47 Å². The topological polar surface area (TPSA) is 18.5 Å². The summed E-state index contributed by atoms with van der Waals surface area (Å²) in [6.45, 7) is 5.19. The number of hydrogen-bond donors (Lipinski definition) is 0. The van der Waals surface area contributed by atoms with E-state index in [0.29, 0.717) is 4.83 Å². The molecule has 2 aromatic rings. The number of benzene rings is 2. The normalized spacial score (nSPS) is 12.3. The fourth-order valence-electron chi connectivity index (χ4n) is 2.83. The molecule has 0 N–H and O–H groups in total. The molecule has 2 rings (SSSR count). The lowest BCUT2D eigenvalue weighted by Gasteiger charge is -2.14. The third kappa shape index (κ3) is 4.87. The molecule has 0 fully saturated rings. The van der Waals surface area contributed by atoms with Crippen LogP contribution in [-0.4, -0.2) is 18.5 Å². The van der Waals surface area contributed by atoms with Crippen LogP contribution in [0.4, 0.5) is 0 Å². The molecule has 2 nitrogen and oxygen atoms in total. The molecule has 0 aliphatic rings. The van der Waals surface area contributed by atoms with Gasteiger partial charge in [-0.1, -0.05) is 41.9 Å². The van der Waals surface area contributed by atoms with E-state index in [9.17, 15) is 0 Å². The summed E-state index contributed by atoms with van der Waals surface area (Å²) in [5, 5.41) is 2.47. The molecular formula is C20H27BrO2. The highest BCUT2D eigenvalue weighted by Gasteiger charge is 2.08. The van der Waals surface area contributed by atoms with Gasteiger partial charge in [0.05, 0.1) is 13.7 Å². The van der Waals surface area contributed by atoms with Gasteiger partial charge in [-0.2, -0.15) is 0 Å². The van der Waals surface area contributed by atoms with Crippen molar-refractivity contribution in [2.75, 3.05) is 13.7 Å². The summed E-state index contributed by atoms with van der Waals surface area (Å²) in [6, 6.07) is 10.5. The Balaban J connectivity index is 2.03. The SMILES string of the molecule is CCc1c(OCCCCC(Br)CC)ccc2cc(OC)ccc12. The van der Waals surface area contributed by atoms with Crippen molar-refractivity contribution in [2.24, 2.45) is 0 Å². The fraction of sp³-hybridized carbons (Fsp3) is 0.500. The van der Waals surface area contributed by atoms with Crippen molar-refractivity contribution in [3.05, 3.63) is 35.9 Å². The van der Waals surface area contributed by atoms with Crippen molar-refractivity contribution in [1.29, 1.82) is 0 Å². The minimum Gasteiger partial charge on any atom is -0.497 e. The quantitative estimate of drug-likeness (QED) is 0.385. The molecule has 0 bridgehead atoms. The zero-order valence-corrected chi connectivity index (χ0v) is 16.0.